The molecule has 0 radical (unpaired) electrons. The third kappa shape index (κ3) is 5.20. The van der Waals surface area contributed by atoms with Crippen LogP contribution in [0.3, 0.4) is 0 Å². The number of nitrogens with one attached hydrogen (secondary N) is 2. The molecule has 1 heterocycles. The van der Waals surface area contributed by atoms with E-state index in [0.717, 1.165) is 6.07 Å². The number of carbonyl (C=O) groups excluding carboxylic acids is 1. The first-order valence-corrected chi connectivity index (χ1v) is 8.89. The number of carbonyl (C=O) groups is 2. The Balaban J connectivity index is 2.16. The Morgan fingerprint density at radius 2 is 1.71 bits per heavy atom. The topological polar surface area (TPSA) is 166 Å². The standard InChI is InChI=1S/C15H16N4O8S/c1-8-5-4-6-9(12(8)13(20)21)27-28(23,24)19-15(22)18-14-16-10(25-2)7-11(17-14)26-3/h4-7H,1-3H3,(H,20,21)(H2,16,17,18,19,22). The van der Waals surface area contributed by atoms with Gasteiger partial charge in [0.15, 0.2) is 5.75 Å². The van der Waals surface area contributed by atoms with E-state index < -0.39 is 28.1 Å². The van der Waals surface area contributed by atoms with Crippen LogP contribution >= 0.6 is 0 Å². The number of ether oxygens (including phenoxy) is 2. The summed E-state index contributed by atoms with van der Waals surface area (Å²) in [6, 6.07) is 4.11. The normalized spacial score (nSPS) is 10.7. The van der Waals surface area contributed by atoms with Gasteiger partial charge in [-0.2, -0.15) is 18.4 Å². The van der Waals surface area contributed by atoms with Gasteiger partial charge < -0.3 is 18.8 Å². The fourth-order valence-electron chi connectivity index (χ4n) is 2.03. The average molecular weight is 412 g/mol. The summed E-state index contributed by atoms with van der Waals surface area (Å²) in [4.78, 5) is 30.9. The summed E-state index contributed by atoms with van der Waals surface area (Å²) in [7, 11) is -2.05. The molecule has 12 nitrogen and oxygen atoms in total. The van der Waals surface area contributed by atoms with Gasteiger partial charge in [-0.3, -0.25) is 5.32 Å². The van der Waals surface area contributed by atoms with E-state index in [9.17, 15) is 23.1 Å². The molecular formula is C15H16N4O8S. The van der Waals surface area contributed by atoms with Crippen LogP contribution in [0.1, 0.15) is 15.9 Å². The minimum atomic E-state index is -4.70. The molecule has 150 valence electrons. The Morgan fingerprint density at radius 1 is 1.11 bits per heavy atom. The maximum Gasteiger partial charge on any atom is 0.411 e. The zero-order valence-corrected chi connectivity index (χ0v) is 15.7. The Kier molecular flexibility index (Phi) is 6.20. The van der Waals surface area contributed by atoms with Crippen LogP contribution in [-0.2, 0) is 10.3 Å². The first kappa shape index (κ1) is 20.7. The van der Waals surface area contributed by atoms with Gasteiger partial charge in [-0.05, 0) is 18.6 Å². The van der Waals surface area contributed by atoms with Crippen molar-refractivity contribution in [2.75, 3.05) is 19.5 Å². The Bertz CT molecular complexity index is 987. The minimum Gasteiger partial charge on any atom is -0.481 e. The predicted molar refractivity (Wildman–Crippen MR) is 95.0 cm³/mol. The summed E-state index contributed by atoms with van der Waals surface area (Å²) in [6.45, 7) is 1.47. The maximum atomic E-state index is 12.1. The summed E-state index contributed by atoms with van der Waals surface area (Å²) in [5, 5.41) is 11.3. The Hall–Kier alpha value is -3.61. The average Bonchev–Trinajstić information content (AvgIpc) is 2.59. The van der Waals surface area contributed by atoms with E-state index in [-0.39, 0.29) is 28.8 Å². The Morgan fingerprint density at radius 3 is 2.25 bits per heavy atom. The molecule has 0 fully saturated rings. The van der Waals surface area contributed by atoms with E-state index in [2.05, 4.69) is 15.3 Å². The molecule has 0 aliphatic heterocycles. The highest BCUT2D eigenvalue weighted by molar-refractivity contribution is 7.85. The van der Waals surface area contributed by atoms with E-state index in [1.165, 1.54) is 39.3 Å². The number of anilines is 1. The second-order valence-corrected chi connectivity index (χ2v) is 6.40. The number of hydrogen-bond acceptors (Lipinski definition) is 9. The maximum absolute atomic E-state index is 12.1. The number of aryl methyl sites for hydroxylation is 1. The molecule has 0 unspecified atom stereocenters. The number of rotatable bonds is 7. The van der Waals surface area contributed by atoms with Crippen molar-refractivity contribution in [3.05, 3.63) is 35.4 Å². The zero-order chi connectivity index (χ0) is 20.9. The lowest BCUT2D eigenvalue weighted by Crippen LogP contribution is -2.37. The summed E-state index contributed by atoms with van der Waals surface area (Å²) in [6.07, 6.45) is 0. The van der Waals surface area contributed by atoms with Crippen molar-refractivity contribution in [3.63, 3.8) is 0 Å². The fourth-order valence-corrected chi connectivity index (χ4v) is 2.73. The van der Waals surface area contributed by atoms with Crippen LogP contribution in [0.25, 0.3) is 0 Å². The van der Waals surface area contributed by atoms with Crippen LogP contribution in [0.5, 0.6) is 17.5 Å². The number of methoxy groups -OCH3 is 2. The summed E-state index contributed by atoms with van der Waals surface area (Å²) in [5.74, 6) is -2.01. The number of nitrogens with zero attached hydrogens (tertiary/aromatic N) is 2. The summed E-state index contributed by atoms with van der Waals surface area (Å²) in [5.41, 5.74) is -0.0734. The quantitative estimate of drug-likeness (QED) is 0.595. The molecule has 0 saturated carbocycles. The molecule has 2 aromatic rings. The first-order valence-electron chi connectivity index (χ1n) is 7.48. The van der Waals surface area contributed by atoms with Crippen molar-refractivity contribution < 1.29 is 36.8 Å². The lowest BCUT2D eigenvalue weighted by atomic mass is 10.1. The Labute approximate surface area is 159 Å². The lowest BCUT2D eigenvalue weighted by molar-refractivity contribution is 0.0694. The SMILES string of the molecule is COc1cc(OC)nc(NC(=O)NS(=O)(=O)Oc2cccc(C)c2C(=O)O)n1. The largest absolute Gasteiger partial charge is 0.481 e. The van der Waals surface area contributed by atoms with Crippen molar-refractivity contribution >= 4 is 28.3 Å². The second-order valence-electron chi connectivity index (χ2n) is 5.12. The molecule has 1 aromatic carbocycles. The molecule has 0 atom stereocenters. The molecular weight excluding hydrogens is 396 g/mol. The van der Waals surface area contributed by atoms with Crippen molar-refractivity contribution in [1.29, 1.82) is 0 Å². The van der Waals surface area contributed by atoms with Crippen LogP contribution in [0.15, 0.2) is 24.3 Å². The van der Waals surface area contributed by atoms with Gasteiger partial charge >= 0.3 is 22.3 Å². The van der Waals surface area contributed by atoms with E-state index in [0.29, 0.717) is 0 Å². The molecule has 0 aliphatic carbocycles. The summed E-state index contributed by atoms with van der Waals surface area (Å²) < 4.78 is 40.2. The van der Waals surface area contributed by atoms with Crippen molar-refractivity contribution in [1.82, 2.24) is 14.7 Å². The van der Waals surface area contributed by atoms with E-state index >= 15 is 0 Å². The van der Waals surface area contributed by atoms with Gasteiger partial charge in [0.05, 0.1) is 20.3 Å². The number of carboxylic acid groups (broad SMARTS) is 1. The van der Waals surface area contributed by atoms with Crippen LogP contribution in [0.4, 0.5) is 10.7 Å². The number of benzene rings is 1. The fraction of sp³-hybridized carbons (Fsp3) is 0.200. The molecule has 0 aliphatic rings. The van der Waals surface area contributed by atoms with Gasteiger partial charge in [-0.1, -0.05) is 12.1 Å². The highest BCUT2D eigenvalue weighted by Crippen LogP contribution is 2.23. The van der Waals surface area contributed by atoms with Crippen molar-refractivity contribution in [3.8, 4) is 17.5 Å². The molecule has 0 saturated heterocycles. The van der Waals surface area contributed by atoms with Crippen LogP contribution in [0, 0.1) is 6.92 Å². The van der Waals surface area contributed by atoms with Crippen molar-refractivity contribution in [2.24, 2.45) is 0 Å². The minimum absolute atomic E-state index is 0.0621. The number of amides is 2. The molecule has 2 rings (SSSR count). The molecule has 1 aromatic heterocycles. The molecule has 3 N–H and O–H groups in total. The van der Waals surface area contributed by atoms with Gasteiger partial charge in [-0.15, -0.1) is 0 Å². The number of aromatic nitrogens is 2. The molecule has 0 bridgehead atoms. The number of carboxylic acids is 1. The van der Waals surface area contributed by atoms with Crippen LogP contribution in [-0.4, -0.2) is 49.7 Å². The summed E-state index contributed by atoms with van der Waals surface area (Å²) >= 11 is 0. The first-order chi connectivity index (χ1) is 13.1. The molecule has 0 spiro atoms. The highest BCUT2D eigenvalue weighted by Gasteiger charge is 2.23. The van der Waals surface area contributed by atoms with Gasteiger partial charge in [-0.25, -0.2) is 14.3 Å². The third-order valence-corrected chi connectivity index (χ3v) is 4.02. The third-order valence-electron chi connectivity index (χ3n) is 3.19. The van der Waals surface area contributed by atoms with E-state index in [1.807, 2.05) is 0 Å². The molecule has 2 amide bonds. The number of aromatic carboxylic acids is 1. The monoisotopic (exact) mass is 412 g/mol. The van der Waals surface area contributed by atoms with E-state index in [4.69, 9.17) is 13.7 Å². The van der Waals surface area contributed by atoms with Crippen LogP contribution < -0.4 is 23.7 Å². The van der Waals surface area contributed by atoms with Crippen molar-refractivity contribution in [2.45, 2.75) is 6.92 Å². The second kappa shape index (κ2) is 8.39. The van der Waals surface area contributed by atoms with E-state index in [1.54, 1.807) is 4.72 Å². The lowest BCUT2D eigenvalue weighted by Gasteiger charge is -2.12. The van der Waals surface area contributed by atoms with Gasteiger partial charge in [0.25, 0.3) is 0 Å². The smallest absolute Gasteiger partial charge is 0.411 e. The number of urea groups is 1. The predicted octanol–water partition coefficient (Wildman–Crippen LogP) is 0.946. The number of hydrogen-bond donors (Lipinski definition) is 3. The molecule has 13 heteroatoms. The van der Waals surface area contributed by atoms with Gasteiger partial charge in [0, 0.05) is 0 Å². The van der Waals surface area contributed by atoms with Crippen LogP contribution in [0.2, 0.25) is 0 Å². The highest BCUT2D eigenvalue weighted by atomic mass is 32.2. The van der Waals surface area contributed by atoms with Gasteiger partial charge in [0.1, 0.15) is 5.56 Å². The zero-order valence-electron chi connectivity index (χ0n) is 14.9. The molecule has 28 heavy (non-hydrogen) atoms. The van der Waals surface area contributed by atoms with Gasteiger partial charge in [0.2, 0.25) is 17.7 Å².